The first-order valence-electron chi connectivity index (χ1n) is 9.13. The number of anilines is 1. The minimum absolute atomic E-state index is 0.131. The quantitative estimate of drug-likeness (QED) is 0.394. The molecule has 0 unspecified atom stereocenters. The summed E-state index contributed by atoms with van der Waals surface area (Å²) in [6.45, 7) is -0.295. The molecule has 4 aromatic rings. The number of imidazole rings is 1. The summed E-state index contributed by atoms with van der Waals surface area (Å²) in [7, 11) is 0. The minimum Gasteiger partial charge on any atom is -0.392 e. The number of alkyl halides is 3. The molecule has 0 fully saturated rings. The van der Waals surface area contributed by atoms with E-state index >= 15 is 0 Å². The molecule has 0 radical (unpaired) electrons. The lowest BCUT2D eigenvalue weighted by Crippen LogP contribution is -2.14. The van der Waals surface area contributed by atoms with E-state index in [-0.39, 0.29) is 29.2 Å². The number of aromatic nitrogens is 2. The standard InChI is InChI=1S/C22H15BrF3N3O2/c23-15-4-2-14(3-5-15)20(31)27-16-6-8-17(9-7-16)29-19-10-1-13(12-30)11-18(19)28-21(29)22(24,25)26/h1-11,30H,12H2,(H,27,31). The number of rotatable bonds is 4. The number of nitrogens with zero attached hydrogens (tertiary/aromatic N) is 2. The zero-order chi connectivity index (χ0) is 22.2. The molecule has 0 saturated heterocycles. The van der Waals surface area contributed by atoms with Crippen LogP contribution >= 0.6 is 15.9 Å². The van der Waals surface area contributed by atoms with Crippen LogP contribution in [-0.4, -0.2) is 20.6 Å². The maximum atomic E-state index is 13.6. The molecule has 4 rings (SSSR count). The van der Waals surface area contributed by atoms with Crippen LogP contribution in [-0.2, 0) is 12.8 Å². The molecule has 0 aliphatic heterocycles. The molecular formula is C22H15BrF3N3O2. The number of benzene rings is 3. The number of aliphatic hydroxyl groups excluding tert-OH is 1. The van der Waals surface area contributed by atoms with Crippen molar-refractivity contribution >= 4 is 38.6 Å². The Morgan fingerprint density at radius 3 is 2.32 bits per heavy atom. The number of fused-ring (bicyclic) bond motifs is 1. The number of nitrogens with one attached hydrogen (secondary N) is 1. The molecule has 9 heteroatoms. The van der Waals surface area contributed by atoms with Crippen LogP contribution in [0.1, 0.15) is 21.7 Å². The fourth-order valence-electron chi connectivity index (χ4n) is 3.17. The van der Waals surface area contributed by atoms with Gasteiger partial charge >= 0.3 is 6.18 Å². The Morgan fingerprint density at radius 2 is 1.71 bits per heavy atom. The summed E-state index contributed by atoms with van der Waals surface area (Å²) in [5.41, 5.74) is 2.00. The van der Waals surface area contributed by atoms with Crippen LogP contribution in [0.3, 0.4) is 0 Å². The second kappa shape index (κ2) is 8.16. The third kappa shape index (κ3) is 4.33. The molecule has 0 bridgehead atoms. The van der Waals surface area contributed by atoms with Crippen LogP contribution < -0.4 is 5.32 Å². The Bertz CT molecular complexity index is 1250. The van der Waals surface area contributed by atoms with E-state index in [9.17, 15) is 23.1 Å². The molecule has 0 atom stereocenters. The maximum Gasteiger partial charge on any atom is 0.450 e. The van der Waals surface area contributed by atoms with Crippen molar-refractivity contribution in [2.24, 2.45) is 0 Å². The second-order valence-electron chi connectivity index (χ2n) is 6.76. The normalized spacial score (nSPS) is 11.6. The highest BCUT2D eigenvalue weighted by molar-refractivity contribution is 9.10. The summed E-state index contributed by atoms with van der Waals surface area (Å²) in [4.78, 5) is 16.1. The second-order valence-corrected chi connectivity index (χ2v) is 7.67. The molecule has 2 N–H and O–H groups in total. The first-order chi connectivity index (χ1) is 14.8. The van der Waals surface area contributed by atoms with Crippen molar-refractivity contribution in [1.29, 1.82) is 0 Å². The van der Waals surface area contributed by atoms with Gasteiger partial charge in [0.05, 0.1) is 17.6 Å². The van der Waals surface area contributed by atoms with Gasteiger partial charge in [-0.2, -0.15) is 13.2 Å². The average Bonchev–Trinajstić information content (AvgIpc) is 3.14. The predicted octanol–water partition coefficient (Wildman–Crippen LogP) is 5.55. The van der Waals surface area contributed by atoms with Crippen molar-refractivity contribution in [3.63, 3.8) is 0 Å². The third-order valence-electron chi connectivity index (χ3n) is 4.64. The Morgan fingerprint density at radius 1 is 1.03 bits per heavy atom. The van der Waals surface area contributed by atoms with Gasteiger partial charge in [0.2, 0.25) is 5.82 Å². The number of hydrogen-bond acceptors (Lipinski definition) is 3. The largest absolute Gasteiger partial charge is 0.450 e. The van der Waals surface area contributed by atoms with Crippen molar-refractivity contribution in [2.75, 3.05) is 5.32 Å². The van der Waals surface area contributed by atoms with Gasteiger partial charge < -0.3 is 10.4 Å². The maximum absolute atomic E-state index is 13.6. The smallest absolute Gasteiger partial charge is 0.392 e. The zero-order valence-electron chi connectivity index (χ0n) is 15.8. The summed E-state index contributed by atoms with van der Waals surface area (Å²) in [5, 5.41) is 12.0. The highest BCUT2D eigenvalue weighted by Crippen LogP contribution is 2.34. The van der Waals surface area contributed by atoms with E-state index in [2.05, 4.69) is 26.2 Å². The van der Waals surface area contributed by atoms with Crippen molar-refractivity contribution in [3.05, 3.63) is 88.2 Å². The van der Waals surface area contributed by atoms with Gasteiger partial charge in [0.25, 0.3) is 5.91 Å². The SMILES string of the molecule is O=C(Nc1ccc(-n2c(C(F)(F)F)nc3cc(CO)ccc32)cc1)c1ccc(Br)cc1. The van der Waals surface area contributed by atoms with Gasteiger partial charge in [-0.25, -0.2) is 4.98 Å². The Labute approximate surface area is 183 Å². The fraction of sp³-hybridized carbons (Fsp3) is 0.0909. The highest BCUT2D eigenvalue weighted by atomic mass is 79.9. The highest BCUT2D eigenvalue weighted by Gasteiger charge is 2.38. The number of carbonyl (C=O) groups excluding carboxylic acids is 1. The lowest BCUT2D eigenvalue weighted by Gasteiger charge is -2.12. The van der Waals surface area contributed by atoms with Crippen molar-refractivity contribution in [1.82, 2.24) is 9.55 Å². The summed E-state index contributed by atoms with van der Waals surface area (Å²) in [6, 6.07) is 17.3. The van der Waals surface area contributed by atoms with E-state index in [1.807, 2.05) is 0 Å². The molecule has 0 aliphatic rings. The topological polar surface area (TPSA) is 67.2 Å². The zero-order valence-corrected chi connectivity index (χ0v) is 17.4. The van der Waals surface area contributed by atoms with Gasteiger partial charge in [-0.05, 0) is 66.2 Å². The van der Waals surface area contributed by atoms with E-state index in [4.69, 9.17) is 0 Å². The van der Waals surface area contributed by atoms with Gasteiger partial charge in [0.15, 0.2) is 0 Å². The van der Waals surface area contributed by atoms with Crippen LogP contribution in [0.15, 0.2) is 71.2 Å². The number of aliphatic hydroxyl groups is 1. The number of amides is 1. The molecule has 158 valence electrons. The summed E-state index contributed by atoms with van der Waals surface area (Å²) < 4.78 is 42.7. The molecule has 0 spiro atoms. The van der Waals surface area contributed by atoms with Crippen molar-refractivity contribution in [2.45, 2.75) is 12.8 Å². The average molecular weight is 490 g/mol. The minimum atomic E-state index is -4.67. The first-order valence-corrected chi connectivity index (χ1v) is 9.92. The van der Waals surface area contributed by atoms with E-state index in [1.165, 1.54) is 36.4 Å². The Balaban J connectivity index is 1.68. The number of carbonyl (C=O) groups is 1. The lowest BCUT2D eigenvalue weighted by molar-refractivity contribution is -0.145. The third-order valence-corrected chi connectivity index (χ3v) is 5.17. The fourth-order valence-corrected chi connectivity index (χ4v) is 3.44. The summed E-state index contributed by atoms with van der Waals surface area (Å²) >= 11 is 3.30. The van der Waals surface area contributed by atoms with Gasteiger partial charge in [-0.15, -0.1) is 0 Å². The van der Waals surface area contributed by atoms with Crippen molar-refractivity contribution < 1.29 is 23.1 Å². The van der Waals surface area contributed by atoms with Crippen LogP contribution in [0, 0.1) is 0 Å². The monoisotopic (exact) mass is 489 g/mol. The molecule has 0 aliphatic carbocycles. The summed E-state index contributed by atoms with van der Waals surface area (Å²) in [5.74, 6) is -1.40. The van der Waals surface area contributed by atoms with Gasteiger partial charge in [0, 0.05) is 21.4 Å². The molecule has 1 heterocycles. The molecule has 1 amide bonds. The molecular weight excluding hydrogens is 475 g/mol. The van der Waals surface area contributed by atoms with E-state index in [0.717, 1.165) is 9.04 Å². The molecule has 31 heavy (non-hydrogen) atoms. The van der Waals surface area contributed by atoms with E-state index < -0.39 is 12.0 Å². The van der Waals surface area contributed by atoms with Crippen LogP contribution in [0.2, 0.25) is 0 Å². The Kier molecular flexibility index (Phi) is 5.55. The van der Waals surface area contributed by atoms with Gasteiger partial charge in [-0.3, -0.25) is 9.36 Å². The predicted molar refractivity (Wildman–Crippen MR) is 114 cm³/mol. The first kappa shape index (κ1) is 21.1. The van der Waals surface area contributed by atoms with Crippen molar-refractivity contribution in [3.8, 4) is 5.69 Å². The molecule has 5 nitrogen and oxygen atoms in total. The van der Waals surface area contributed by atoms with Crippen LogP contribution in [0.4, 0.5) is 18.9 Å². The number of halogens is 4. The molecule has 3 aromatic carbocycles. The molecule has 0 saturated carbocycles. The Hall–Kier alpha value is -3.17. The molecule has 1 aromatic heterocycles. The van der Waals surface area contributed by atoms with Crippen LogP contribution in [0.25, 0.3) is 16.7 Å². The summed E-state index contributed by atoms with van der Waals surface area (Å²) in [6.07, 6.45) is -4.67. The van der Waals surface area contributed by atoms with Gasteiger partial charge in [-0.1, -0.05) is 22.0 Å². The lowest BCUT2D eigenvalue weighted by atomic mass is 10.2. The number of hydrogen-bond donors (Lipinski definition) is 2. The van der Waals surface area contributed by atoms with E-state index in [1.54, 1.807) is 30.3 Å². The van der Waals surface area contributed by atoms with Gasteiger partial charge in [0.1, 0.15) is 0 Å². The van der Waals surface area contributed by atoms with E-state index in [0.29, 0.717) is 16.8 Å². The van der Waals surface area contributed by atoms with Crippen LogP contribution in [0.5, 0.6) is 0 Å².